The zero-order valence-electron chi connectivity index (χ0n) is 26.1. The molecule has 3 aromatic carbocycles. The van der Waals surface area contributed by atoms with Crippen molar-refractivity contribution in [1.29, 1.82) is 0 Å². The van der Waals surface area contributed by atoms with Gasteiger partial charge in [-0.25, -0.2) is 13.2 Å². The van der Waals surface area contributed by atoms with Gasteiger partial charge >= 0.3 is 5.97 Å². The van der Waals surface area contributed by atoms with Crippen molar-refractivity contribution in [2.24, 2.45) is 5.92 Å². The summed E-state index contributed by atoms with van der Waals surface area (Å²) in [6, 6.07) is 13.9. The fourth-order valence-electron chi connectivity index (χ4n) is 6.89. The third-order valence-corrected chi connectivity index (χ3v) is 9.51. The predicted octanol–water partition coefficient (Wildman–Crippen LogP) is 10.4. The maximum absolute atomic E-state index is 14.9. The van der Waals surface area contributed by atoms with E-state index in [1.54, 1.807) is 19.1 Å². The van der Waals surface area contributed by atoms with Gasteiger partial charge in [0.15, 0.2) is 23.2 Å². The highest BCUT2D eigenvalue weighted by atomic mass is 19.2. The quantitative estimate of drug-likeness (QED) is 0.128. The van der Waals surface area contributed by atoms with Gasteiger partial charge in [0, 0.05) is 5.56 Å². The SMILES string of the molecule is C/C=C/CCc1ccc(C2CCC(OC(=O)C3CCC(c4ccc(-c5ccc(OCC)c(F)c5F)cc4)CC3)CC2)c(F)c1F. The molecule has 240 valence electrons. The average Bonchev–Trinajstić information content (AvgIpc) is 3.06. The first-order valence-electron chi connectivity index (χ1n) is 16.3. The Balaban J connectivity index is 1.09. The highest BCUT2D eigenvalue weighted by Crippen LogP contribution is 2.40. The Hall–Kier alpha value is -3.61. The van der Waals surface area contributed by atoms with Gasteiger partial charge in [-0.15, -0.1) is 0 Å². The Morgan fingerprint density at radius 2 is 1.47 bits per heavy atom. The molecule has 2 aliphatic rings. The van der Waals surface area contributed by atoms with E-state index in [4.69, 9.17) is 9.47 Å². The predicted molar refractivity (Wildman–Crippen MR) is 168 cm³/mol. The molecule has 0 atom stereocenters. The highest BCUT2D eigenvalue weighted by molar-refractivity contribution is 5.73. The summed E-state index contributed by atoms with van der Waals surface area (Å²) in [6.45, 7) is 3.88. The lowest BCUT2D eigenvalue weighted by atomic mass is 9.78. The van der Waals surface area contributed by atoms with Crippen LogP contribution in [-0.2, 0) is 16.0 Å². The van der Waals surface area contributed by atoms with Crippen molar-refractivity contribution in [2.45, 2.75) is 96.0 Å². The Morgan fingerprint density at radius 3 is 2.13 bits per heavy atom. The summed E-state index contributed by atoms with van der Waals surface area (Å²) in [5, 5.41) is 0. The minimum atomic E-state index is -0.984. The van der Waals surface area contributed by atoms with Gasteiger partial charge in [-0.1, -0.05) is 48.6 Å². The van der Waals surface area contributed by atoms with Crippen LogP contribution in [0.3, 0.4) is 0 Å². The van der Waals surface area contributed by atoms with E-state index in [-0.39, 0.29) is 47.7 Å². The van der Waals surface area contributed by atoms with Gasteiger partial charge in [0.2, 0.25) is 5.82 Å². The number of hydrogen-bond donors (Lipinski definition) is 0. The van der Waals surface area contributed by atoms with Crippen LogP contribution in [0.1, 0.15) is 100 Å². The minimum absolute atomic E-state index is 0.0779. The molecule has 0 bridgehead atoms. The van der Waals surface area contributed by atoms with Crippen LogP contribution in [0.2, 0.25) is 0 Å². The van der Waals surface area contributed by atoms with Crippen molar-refractivity contribution in [3.63, 3.8) is 0 Å². The molecule has 0 unspecified atom stereocenters. The highest BCUT2D eigenvalue weighted by Gasteiger charge is 2.32. The molecule has 0 heterocycles. The number of halogens is 4. The molecular formula is C38H42F4O3. The number of carbonyl (C=O) groups excluding carboxylic acids is 1. The van der Waals surface area contributed by atoms with Crippen LogP contribution in [0.5, 0.6) is 5.75 Å². The Kier molecular flexibility index (Phi) is 11.0. The second-order valence-electron chi connectivity index (χ2n) is 12.3. The Labute approximate surface area is 263 Å². The van der Waals surface area contributed by atoms with Crippen LogP contribution in [0.4, 0.5) is 17.6 Å². The summed E-state index contributed by atoms with van der Waals surface area (Å²) in [6.07, 6.45) is 10.5. The van der Waals surface area contributed by atoms with Crippen molar-refractivity contribution in [1.82, 2.24) is 0 Å². The molecule has 7 heteroatoms. The number of esters is 1. The van der Waals surface area contributed by atoms with Gasteiger partial charge in [0.25, 0.3) is 0 Å². The number of allylic oxidation sites excluding steroid dienone is 2. The van der Waals surface area contributed by atoms with Crippen molar-refractivity contribution in [3.05, 3.63) is 101 Å². The molecule has 0 aromatic heterocycles. The van der Waals surface area contributed by atoms with E-state index in [1.807, 2.05) is 43.3 Å². The summed E-state index contributed by atoms with van der Waals surface area (Å²) in [4.78, 5) is 13.0. The number of benzene rings is 3. The normalized spacial score (nSPS) is 22.0. The van der Waals surface area contributed by atoms with E-state index in [2.05, 4.69) is 0 Å². The van der Waals surface area contributed by atoms with Gasteiger partial charge in [0.05, 0.1) is 12.5 Å². The third kappa shape index (κ3) is 7.62. The van der Waals surface area contributed by atoms with Gasteiger partial charge in [-0.05, 0) is 124 Å². The van der Waals surface area contributed by atoms with Crippen molar-refractivity contribution in [2.75, 3.05) is 6.61 Å². The first-order valence-corrected chi connectivity index (χ1v) is 16.3. The summed E-state index contributed by atoms with van der Waals surface area (Å²) in [5.41, 5.74) is 2.73. The Morgan fingerprint density at radius 1 is 0.778 bits per heavy atom. The molecule has 0 amide bonds. The third-order valence-electron chi connectivity index (χ3n) is 9.51. The van der Waals surface area contributed by atoms with Gasteiger partial charge < -0.3 is 9.47 Å². The van der Waals surface area contributed by atoms with Crippen LogP contribution in [-0.4, -0.2) is 18.7 Å². The molecule has 45 heavy (non-hydrogen) atoms. The summed E-state index contributed by atoms with van der Waals surface area (Å²) < 4.78 is 69.7. The molecule has 3 aromatic rings. The van der Waals surface area contributed by atoms with Crippen LogP contribution in [0.15, 0.2) is 60.7 Å². The van der Waals surface area contributed by atoms with Crippen molar-refractivity contribution in [3.8, 4) is 16.9 Å². The maximum Gasteiger partial charge on any atom is 0.309 e. The molecular weight excluding hydrogens is 580 g/mol. The molecule has 0 radical (unpaired) electrons. The van der Waals surface area contributed by atoms with E-state index in [9.17, 15) is 22.4 Å². The van der Waals surface area contributed by atoms with Crippen LogP contribution in [0, 0.1) is 29.2 Å². The molecule has 2 saturated carbocycles. The largest absolute Gasteiger partial charge is 0.491 e. The first kappa shape index (κ1) is 32.8. The van der Waals surface area contributed by atoms with E-state index in [0.717, 1.165) is 31.2 Å². The second kappa shape index (κ2) is 15.1. The lowest BCUT2D eigenvalue weighted by molar-refractivity contribution is -0.157. The van der Waals surface area contributed by atoms with Gasteiger partial charge in [-0.2, -0.15) is 4.39 Å². The van der Waals surface area contributed by atoms with Crippen LogP contribution >= 0.6 is 0 Å². The number of aryl methyl sites for hydroxylation is 1. The zero-order chi connectivity index (χ0) is 31.9. The molecule has 0 saturated heterocycles. The molecule has 0 spiro atoms. The number of hydrogen-bond acceptors (Lipinski definition) is 3. The molecule has 0 N–H and O–H groups in total. The lowest BCUT2D eigenvalue weighted by Gasteiger charge is -2.32. The van der Waals surface area contributed by atoms with Crippen molar-refractivity contribution < 1.29 is 31.8 Å². The fourth-order valence-corrected chi connectivity index (χ4v) is 6.89. The standard InChI is InChI=1S/C38H42F4O3/c1-3-5-6-7-28-18-21-31(35(40)34(28)39)27-16-19-30(20-17-27)45-38(43)29-14-10-25(11-15-29)24-8-12-26(13-9-24)32-22-23-33(44-4-2)37(42)36(32)41/h3,5,8-9,12-13,18,21-23,25,27,29-30H,4,6-7,10-11,14-17,19-20H2,1-2H3/b5-3+. The fraction of sp³-hybridized carbons (Fsp3) is 0.447. The van der Waals surface area contributed by atoms with E-state index >= 15 is 0 Å². The molecule has 3 nitrogen and oxygen atoms in total. The maximum atomic E-state index is 14.9. The molecule has 2 aliphatic carbocycles. The summed E-state index contributed by atoms with van der Waals surface area (Å²) in [5.74, 6) is -3.60. The number of ether oxygens (including phenoxy) is 2. The van der Waals surface area contributed by atoms with Gasteiger partial charge in [0.1, 0.15) is 6.10 Å². The first-order chi connectivity index (χ1) is 21.8. The Bertz CT molecular complexity index is 1480. The van der Waals surface area contributed by atoms with Gasteiger partial charge in [-0.3, -0.25) is 4.79 Å². The smallest absolute Gasteiger partial charge is 0.309 e. The van der Waals surface area contributed by atoms with Crippen LogP contribution < -0.4 is 4.74 Å². The van der Waals surface area contributed by atoms with E-state index in [1.165, 1.54) is 12.1 Å². The average molecular weight is 623 g/mol. The number of rotatable bonds is 10. The summed E-state index contributed by atoms with van der Waals surface area (Å²) in [7, 11) is 0. The van der Waals surface area contributed by atoms with Crippen molar-refractivity contribution >= 4 is 5.97 Å². The topological polar surface area (TPSA) is 35.5 Å². The molecule has 5 rings (SSSR count). The van der Waals surface area contributed by atoms with E-state index in [0.29, 0.717) is 55.2 Å². The zero-order valence-corrected chi connectivity index (χ0v) is 26.1. The minimum Gasteiger partial charge on any atom is -0.491 e. The monoisotopic (exact) mass is 622 g/mol. The van der Waals surface area contributed by atoms with E-state index < -0.39 is 23.3 Å². The second-order valence-corrected chi connectivity index (χ2v) is 12.3. The number of carbonyl (C=O) groups is 1. The summed E-state index contributed by atoms with van der Waals surface area (Å²) >= 11 is 0. The lowest BCUT2D eigenvalue weighted by Crippen LogP contribution is -2.29. The molecule has 2 fully saturated rings. The molecule has 0 aliphatic heterocycles. The van der Waals surface area contributed by atoms with Crippen LogP contribution in [0.25, 0.3) is 11.1 Å².